The summed E-state index contributed by atoms with van der Waals surface area (Å²) in [5.41, 5.74) is 0. The first kappa shape index (κ1) is 30.6. The molecule has 1 unspecified atom stereocenters. The van der Waals surface area contributed by atoms with Crippen LogP contribution in [0.5, 0.6) is 0 Å². The largest absolute Gasteiger partial charge is 0.460 e. The third-order valence-electron chi connectivity index (χ3n) is 3.67. The van der Waals surface area contributed by atoms with Crippen LogP contribution >= 0.6 is 0 Å². The highest BCUT2D eigenvalue weighted by atomic mass is 19.4. The average Bonchev–Trinajstić information content (AvgIpc) is 2.51. The molecule has 0 saturated heterocycles. The minimum atomic E-state index is -8.94. The molecule has 0 saturated carbocycles. The Morgan fingerprint density at radius 1 is 0.438 bits per heavy atom. The Hall–Kier alpha value is -1.37. The van der Waals surface area contributed by atoms with Crippen LogP contribution in [0.4, 0.5) is 83.4 Å². The lowest BCUT2D eigenvalue weighted by molar-refractivity contribution is -0.469. The molecule has 0 rings (SSSR count). The van der Waals surface area contributed by atoms with Gasteiger partial charge in [0.15, 0.2) is 0 Å². The molecular weight excluding hydrogens is 521 g/mol. The topological polar surface area (TPSA) is 20.2 Å². The Balaban J connectivity index is 6.85. The molecule has 32 heavy (non-hydrogen) atoms. The maximum atomic E-state index is 13.3. The van der Waals surface area contributed by atoms with Crippen molar-refractivity contribution >= 4 is 0 Å². The smallest absolute Gasteiger partial charge is 0.393 e. The fraction of sp³-hybridized carbons (Fsp3) is 0.917. The van der Waals surface area contributed by atoms with Crippen LogP contribution in [0.2, 0.25) is 0 Å². The molecule has 0 aromatic rings. The van der Waals surface area contributed by atoms with Gasteiger partial charge in [-0.2, -0.15) is 83.4 Å². The van der Waals surface area contributed by atoms with Crippen molar-refractivity contribution in [2.75, 3.05) is 0 Å². The highest BCUT2D eigenvalue weighted by molar-refractivity contribution is 5.16. The SMILES string of the molecule is [CH2]C(O)CC(F)(F)C(F)(F)C(F)(F)C(F)(F)C(F)(F)C(F)(F)C(F)(F)C(F)(F)C(F)(F)F. The zero-order valence-corrected chi connectivity index (χ0v) is 14.1. The predicted molar refractivity (Wildman–Crippen MR) is 61.6 cm³/mol. The molecule has 1 nitrogen and oxygen atoms in total. The van der Waals surface area contributed by atoms with E-state index in [1.807, 2.05) is 0 Å². The summed E-state index contributed by atoms with van der Waals surface area (Å²) in [5, 5.41) is 8.37. The standard InChI is InChI=1S/C12H6F19O/c1-3(32)2-4(13,14)5(15,16)6(17,18)7(19,20)8(21,22)9(23,24)10(25,26)11(27,28)12(29,30)31/h3,32H,1-2H2. The second-order valence-corrected chi connectivity index (χ2v) is 6.08. The van der Waals surface area contributed by atoms with Crippen LogP contribution in [-0.2, 0) is 0 Å². The second-order valence-electron chi connectivity index (χ2n) is 6.08. The normalized spacial score (nSPS) is 17.5. The number of hydrogen-bond acceptors (Lipinski definition) is 1. The molecule has 0 heterocycles. The van der Waals surface area contributed by atoms with Gasteiger partial charge in [-0.25, -0.2) is 0 Å². The molecule has 0 fully saturated rings. The highest BCUT2D eigenvalue weighted by Crippen LogP contribution is 2.65. The van der Waals surface area contributed by atoms with Crippen molar-refractivity contribution in [2.45, 2.75) is 66.1 Å². The Kier molecular flexibility index (Phi) is 7.25. The van der Waals surface area contributed by atoms with Gasteiger partial charge < -0.3 is 5.11 Å². The average molecular weight is 527 g/mol. The van der Waals surface area contributed by atoms with Crippen molar-refractivity contribution in [3.05, 3.63) is 6.92 Å². The van der Waals surface area contributed by atoms with E-state index in [4.69, 9.17) is 5.11 Å². The summed E-state index contributed by atoms with van der Waals surface area (Å²) in [5.74, 6) is -66.9. The highest BCUT2D eigenvalue weighted by Gasteiger charge is 2.96. The first-order valence-electron chi connectivity index (χ1n) is 7.02. The van der Waals surface area contributed by atoms with Crippen molar-refractivity contribution in [3.8, 4) is 0 Å². The van der Waals surface area contributed by atoms with Crippen LogP contribution in [0.3, 0.4) is 0 Å². The monoisotopic (exact) mass is 527 g/mol. The third-order valence-corrected chi connectivity index (χ3v) is 3.67. The van der Waals surface area contributed by atoms with Gasteiger partial charge in [-0.15, -0.1) is 0 Å². The van der Waals surface area contributed by atoms with E-state index in [-0.39, 0.29) is 0 Å². The molecule has 0 aliphatic rings. The number of rotatable bonds is 9. The lowest BCUT2D eigenvalue weighted by atomic mass is 9.86. The molecule has 0 amide bonds. The molecule has 0 aliphatic heterocycles. The summed E-state index contributed by atoms with van der Waals surface area (Å²) < 4.78 is 245. The van der Waals surface area contributed by atoms with Crippen LogP contribution in [0.25, 0.3) is 0 Å². The van der Waals surface area contributed by atoms with Gasteiger partial charge in [-0.3, -0.25) is 0 Å². The molecule has 1 radical (unpaired) electrons. The summed E-state index contributed by atoms with van der Waals surface area (Å²) in [6.07, 6.45) is -14.0. The molecule has 20 heteroatoms. The second kappa shape index (κ2) is 7.57. The molecule has 0 aromatic carbocycles. The van der Waals surface area contributed by atoms with Crippen LogP contribution in [0, 0.1) is 6.92 Å². The van der Waals surface area contributed by atoms with Gasteiger partial charge in [-0.05, 0) is 6.92 Å². The zero-order valence-electron chi connectivity index (χ0n) is 14.1. The van der Waals surface area contributed by atoms with Gasteiger partial charge in [-0.1, -0.05) is 0 Å². The van der Waals surface area contributed by atoms with Crippen LogP contribution in [0.1, 0.15) is 6.42 Å². The van der Waals surface area contributed by atoms with Crippen LogP contribution in [-0.4, -0.2) is 64.8 Å². The van der Waals surface area contributed by atoms with Gasteiger partial charge in [0.25, 0.3) is 0 Å². The molecule has 193 valence electrons. The van der Waals surface area contributed by atoms with Crippen molar-refractivity contribution in [2.24, 2.45) is 0 Å². The van der Waals surface area contributed by atoms with E-state index in [0.717, 1.165) is 0 Å². The van der Waals surface area contributed by atoms with E-state index in [2.05, 4.69) is 6.92 Å². The van der Waals surface area contributed by atoms with Gasteiger partial charge in [0.1, 0.15) is 0 Å². The Morgan fingerprint density at radius 2 is 0.656 bits per heavy atom. The molecule has 1 atom stereocenters. The molecule has 0 aliphatic carbocycles. The van der Waals surface area contributed by atoms with E-state index in [9.17, 15) is 83.4 Å². The summed E-state index contributed by atoms with van der Waals surface area (Å²) >= 11 is 0. The molecule has 0 bridgehead atoms. The lowest BCUT2D eigenvalue weighted by Crippen LogP contribution is -2.75. The number of aliphatic hydroxyl groups excluding tert-OH is 1. The van der Waals surface area contributed by atoms with Crippen molar-refractivity contribution in [3.63, 3.8) is 0 Å². The predicted octanol–water partition coefficient (Wildman–Crippen LogP) is 6.22. The molecule has 0 spiro atoms. The number of aliphatic hydroxyl groups is 1. The lowest BCUT2D eigenvalue weighted by Gasteiger charge is -2.43. The van der Waals surface area contributed by atoms with Gasteiger partial charge in [0.2, 0.25) is 0 Å². The number of alkyl halides is 19. The molecular formula is C12H6F19O. The van der Waals surface area contributed by atoms with Crippen LogP contribution in [0.15, 0.2) is 0 Å². The summed E-state index contributed by atoms with van der Waals surface area (Å²) in [6, 6.07) is 0. The van der Waals surface area contributed by atoms with Gasteiger partial charge in [0.05, 0.1) is 6.10 Å². The van der Waals surface area contributed by atoms with E-state index in [1.54, 1.807) is 0 Å². The Labute approximate surface area is 163 Å². The van der Waals surface area contributed by atoms with Crippen LogP contribution < -0.4 is 0 Å². The van der Waals surface area contributed by atoms with Gasteiger partial charge in [0, 0.05) is 6.42 Å². The third kappa shape index (κ3) is 3.82. The van der Waals surface area contributed by atoms with E-state index in [0.29, 0.717) is 0 Å². The first-order chi connectivity index (χ1) is 13.4. The van der Waals surface area contributed by atoms with E-state index >= 15 is 0 Å². The van der Waals surface area contributed by atoms with Crippen molar-refractivity contribution in [1.29, 1.82) is 0 Å². The molecule has 1 N–H and O–H groups in total. The first-order valence-corrected chi connectivity index (χ1v) is 7.02. The van der Waals surface area contributed by atoms with Gasteiger partial charge >= 0.3 is 53.6 Å². The maximum Gasteiger partial charge on any atom is 0.460 e. The summed E-state index contributed by atoms with van der Waals surface area (Å²) in [4.78, 5) is 0. The van der Waals surface area contributed by atoms with E-state index in [1.165, 1.54) is 0 Å². The summed E-state index contributed by atoms with van der Waals surface area (Å²) in [6.45, 7) is 2.10. The molecule has 0 aromatic heterocycles. The van der Waals surface area contributed by atoms with Crippen molar-refractivity contribution < 1.29 is 88.5 Å². The number of halogens is 19. The fourth-order valence-electron chi connectivity index (χ4n) is 1.82. The minimum absolute atomic E-state index is 2.10. The van der Waals surface area contributed by atoms with E-state index < -0.39 is 66.1 Å². The zero-order chi connectivity index (χ0) is 26.8. The fourth-order valence-corrected chi connectivity index (χ4v) is 1.82. The van der Waals surface area contributed by atoms with Crippen molar-refractivity contribution in [1.82, 2.24) is 0 Å². The quantitative estimate of drug-likeness (QED) is 0.354. The Morgan fingerprint density at radius 3 is 0.875 bits per heavy atom. The maximum absolute atomic E-state index is 13.3. The minimum Gasteiger partial charge on any atom is -0.393 e. The number of hydrogen-bond donors (Lipinski definition) is 1. The summed E-state index contributed by atoms with van der Waals surface area (Å²) in [7, 11) is 0. The Bertz CT molecular complexity index is 672.